The summed E-state index contributed by atoms with van der Waals surface area (Å²) in [6.45, 7) is 9.93. The lowest BCUT2D eigenvalue weighted by Gasteiger charge is -2.33. The molecule has 1 atom stereocenters. The van der Waals surface area contributed by atoms with Crippen LogP contribution in [0.1, 0.15) is 46.0 Å². The Bertz CT molecular complexity index is 193. The number of rotatable bonds is 6. The van der Waals surface area contributed by atoms with Crippen LogP contribution in [-0.2, 0) is 0 Å². The summed E-state index contributed by atoms with van der Waals surface area (Å²) in [5.41, 5.74) is 0. The number of nitrogens with one attached hydrogen (secondary N) is 1. The van der Waals surface area contributed by atoms with E-state index in [0.29, 0.717) is 0 Å². The fraction of sp³-hybridized carbons (Fsp3) is 1.00. The van der Waals surface area contributed by atoms with Gasteiger partial charge in [-0.25, -0.2) is 0 Å². The molecule has 16 heavy (non-hydrogen) atoms. The molecule has 1 unspecified atom stereocenters. The van der Waals surface area contributed by atoms with E-state index in [4.69, 9.17) is 0 Å². The second-order valence-corrected chi connectivity index (χ2v) is 5.94. The Hall–Kier alpha value is -0.0800. The molecule has 1 aliphatic carbocycles. The predicted octanol–water partition coefficient (Wildman–Crippen LogP) is 2.50. The van der Waals surface area contributed by atoms with Crippen LogP contribution in [0.5, 0.6) is 0 Å². The van der Waals surface area contributed by atoms with Gasteiger partial charge in [-0.15, -0.1) is 0 Å². The van der Waals surface area contributed by atoms with Crippen LogP contribution in [0.3, 0.4) is 0 Å². The van der Waals surface area contributed by atoms with Crippen LogP contribution in [0, 0.1) is 11.8 Å². The monoisotopic (exact) mass is 224 g/mol. The third-order valence-electron chi connectivity index (χ3n) is 4.19. The summed E-state index contributed by atoms with van der Waals surface area (Å²) in [5.74, 6) is 1.83. The Balaban J connectivity index is 1.57. The summed E-state index contributed by atoms with van der Waals surface area (Å²) in [7, 11) is 0. The van der Waals surface area contributed by atoms with E-state index in [9.17, 15) is 0 Å². The van der Waals surface area contributed by atoms with Crippen LogP contribution >= 0.6 is 0 Å². The maximum atomic E-state index is 3.64. The van der Waals surface area contributed by atoms with Crippen molar-refractivity contribution in [1.29, 1.82) is 0 Å². The quantitative estimate of drug-likeness (QED) is 0.746. The summed E-state index contributed by atoms with van der Waals surface area (Å²) in [5, 5.41) is 3.64. The topological polar surface area (TPSA) is 15.3 Å². The highest BCUT2D eigenvalue weighted by molar-refractivity contribution is 4.82. The molecule has 0 aromatic carbocycles. The Morgan fingerprint density at radius 1 is 1.19 bits per heavy atom. The Morgan fingerprint density at radius 2 is 1.88 bits per heavy atom. The van der Waals surface area contributed by atoms with Gasteiger partial charge in [-0.1, -0.05) is 20.3 Å². The highest BCUT2D eigenvalue weighted by Gasteiger charge is 2.22. The van der Waals surface area contributed by atoms with Crippen molar-refractivity contribution < 1.29 is 0 Å². The van der Waals surface area contributed by atoms with E-state index in [1.807, 2.05) is 0 Å². The fourth-order valence-corrected chi connectivity index (χ4v) is 2.74. The first kappa shape index (κ1) is 12.4. The molecule has 1 saturated heterocycles. The van der Waals surface area contributed by atoms with E-state index in [-0.39, 0.29) is 0 Å². The van der Waals surface area contributed by atoms with Gasteiger partial charge in [-0.2, -0.15) is 0 Å². The van der Waals surface area contributed by atoms with Crippen molar-refractivity contribution in [2.75, 3.05) is 26.2 Å². The van der Waals surface area contributed by atoms with E-state index >= 15 is 0 Å². The second-order valence-electron chi connectivity index (χ2n) is 5.94. The van der Waals surface area contributed by atoms with Crippen molar-refractivity contribution >= 4 is 0 Å². The summed E-state index contributed by atoms with van der Waals surface area (Å²) in [6, 6.07) is 0.869. The molecule has 2 aliphatic rings. The molecule has 2 rings (SSSR count). The van der Waals surface area contributed by atoms with Gasteiger partial charge in [0.25, 0.3) is 0 Å². The zero-order valence-electron chi connectivity index (χ0n) is 11.0. The molecule has 0 bridgehead atoms. The average Bonchev–Trinajstić information content (AvgIpc) is 3.11. The Labute approximate surface area is 101 Å². The molecule has 0 amide bonds. The lowest BCUT2D eigenvalue weighted by molar-refractivity contribution is 0.161. The normalized spacial score (nSPS) is 25.9. The molecule has 2 fully saturated rings. The largest absolute Gasteiger partial charge is 0.314 e. The van der Waals surface area contributed by atoms with Crippen molar-refractivity contribution in [2.24, 2.45) is 11.8 Å². The molecule has 1 aliphatic heterocycles. The van der Waals surface area contributed by atoms with Gasteiger partial charge in [0.1, 0.15) is 0 Å². The Morgan fingerprint density at radius 3 is 2.44 bits per heavy atom. The van der Waals surface area contributed by atoms with Gasteiger partial charge in [-0.3, -0.25) is 0 Å². The highest BCUT2D eigenvalue weighted by atomic mass is 15.1. The number of hydrogen-bond donors (Lipinski definition) is 1. The van der Waals surface area contributed by atoms with E-state index in [2.05, 4.69) is 24.1 Å². The first-order valence-corrected chi connectivity index (χ1v) is 7.23. The molecule has 0 aromatic rings. The van der Waals surface area contributed by atoms with Crippen molar-refractivity contribution in [1.82, 2.24) is 10.2 Å². The number of piperidine rings is 1. The van der Waals surface area contributed by atoms with Gasteiger partial charge >= 0.3 is 0 Å². The van der Waals surface area contributed by atoms with E-state index in [1.54, 1.807) is 0 Å². The smallest absolute Gasteiger partial charge is 0.00683 e. The van der Waals surface area contributed by atoms with Gasteiger partial charge < -0.3 is 10.2 Å². The maximum absolute atomic E-state index is 3.64. The zero-order chi connectivity index (χ0) is 11.4. The summed E-state index contributed by atoms with van der Waals surface area (Å²) in [6.07, 6.45) is 7.06. The van der Waals surface area contributed by atoms with Crippen LogP contribution in [-0.4, -0.2) is 37.1 Å². The molecule has 0 radical (unpaired) electrons. The Kier molecular flexibility index (Phi) is 4.66. The number of nitrogens with zero attached hydrogens (tertiary/aromatic N) is 1. The van der Waals surface area contributed by atoms with E-state index < -0.39 is 0 Å². The molecular weight excluding hydrogens is 196 g/mol. The molecular formula is C14H28N2. The van der Waals surface area contributed by atoms with Crippen LogP contribution < -0.4 is 5.32 Å². The van der Waals surface area contributed by atoms with Crippen molar-refractivity contribution in [3.63, 3.8) is 0 Å². The van der Waals surface area contributed by atoms with Gasteiger partial charge in [0.05, 0.1) is 0 Å². The first-order chi connectivity index (χ1) is 7.78. The van der Waals surface area contributed by atoms with Gasteiger partial charge in [0.15, 0.2) is 0 Å². The predicted molar refractivity (Wildman–Crippen MR) is 69.6 cm³/mol. The third kappa shape index (κ3) is 4.06. The molecule has 94 valence electrons. The van der Waals surface area contributed by atoms with Crippen molar-refractivity contribution in [3.8, 4) is 0 Å². The minimum atomic E-state index is 0.818. The molecule has 0 aromatic heterocycles. The third-order valence-corrected chi connectivity index (χ3v) is 4.19. The van der Waals surface area contributed by atoms with E-state index in [0.717, 1.165) is 17.9 Å². The van der Waals surface area contributed by atoms with Crippen LogP contribution in [0.15, 0.2) is 0 Å². The minimum Gasteiger partial charge on any atom is -0.314 e. The standard InChI is InChI=1S/C14H28N2/c1-3-13-6-8-16(9-7-13)11-12(2)10-15-14-4-5-14/h12-15H,3-11H2,1-2H3. The summed E-state index contributed by atoms with van der Waals surface area (Å²) >= 11 is 0. The van der Waals surface area contributed by atoms with Crippen molar-refractivity contribution in [3.05, 3.63) is 0 Å². The lowest BCUT2D eigenvalue weighted by atomic mass is 9.94. The first-order valence-electron chi connectivity index (χ1n) is 7.23. The summed E-state index contributed by atoms with van der Waals surface area (Å²) in [4.78, 5) is 2.67. The van der Waals surface area contributed by atoms with Crippen molar-refractivity contribution in [2.45, 2.75) is 52.0 Å². The van der Waals surface area contributed by atoms with Gasteiger partial charge in [0, 0.05) is 12.6 Å². The molecule has 1 heterocycles. The highest BCUT2D eigenvalue weighted by Crippen LogP contribution is 2.21. The van der Waals surface area contributed by atoms with Gasteiger partial charge in [0.2, 0.25) is 0 Å². The SMILES string of the molecule is CCC1CCN(CC(C)CNC2CC2)CC1. The van der Waals surface area contributed by atoms with Crippen LogP contribution in [0.4, 0.5) is 0 Å². The molecule has 1 N–H and O–H groups in total. The second kappa shape index (κ2) is 6.02. The lowest BCUT2D eigenvalue weighted by Crippen LogP contribution is -2.39. The number of hydrogen-bond acceptors (Lipinski definition) is 2. The van der Waals surface area contributed by atoms with Crippen LogP contribution in [0.2, 0.25) is 0 Å². The molecule has 2 heteroatoms. The minimum absolute atomic E-state index is 0.818. The van der Waals surface area contributed by atoms with Crippen LogP contribution in [0.25, 0.3) is 0 Å². The average molecular weight is 224 g/mol. The zero-order valence-corrected chi connectivity index (χ0v) is 11.0. The molecule has 1 saturated carbocycles. The molecule has 2 nitrogen and oxygen atoms in total. The van der Waals surface area contributed by atoms with Gasteiger partial charge in [-0.05, 0) is 57.2 Å². The van der Waals surface area contributed by atoms with E-state index in [1.165, 1.54) is 58.3 Å². The maximum Gasteiger partial charge on any atom is 0.00683 e. The fourth-order valence-electron chi connectivity index (χ4n) is 2.74. The molecule has 0 spiro atoms. The summed E-state index contributed by atoms with van der Waals surface area (Å²) < 4.78 is 0. The number of likely N-dealkylation sites (tertiary alicyclic amines) is 1.